The minimum atomic E-state index is 0.234. The third-order valence-electron chi connectivity index (χ3n) is 3.48. The molecular formula is C17H29NO. The summed E-state index contributed by atoms with van der Waals surface area (Å²) in [6.45, 7) is 14.1. The Morgan fingerprint density at radius 1 is 0.947 bits per heavy atom. The minimum absolute atomic E-state index is 0.234. The molecule has 2 nitrogen and oxygen atoms in total. The van der Waals surface area contributed by atoms with Crippen molar-refractivity contribution in [1.82, 2.24) is 5.32 Å². The number of nitrogens with one attached hydrogen (secondary N) is 1. The van der Waals surface area contributed by atoms with E-state index < -0.39 is 0 Å². The van der Waals surface area contributed by atoms with Gasteiger partial charge < -0.3 is 10.1 Å². The van der Waals surface area contributed by atoms with Crippen LogP contribution in [0.3, 0.4) is 0 Å². The van der Waals surface area contributed by atoms with Crippen molar-refractivity contribution in [2.45, 2.75) is 59.6 Å². The Hall–Kier alpha value is -1.02. The van der Waals surface area contributed by atoms with Crippen LogP contribution in [-0.4, -0.2) is 18.7 Å². The highest BCUT2D eigenvalue weighted by Crippen LogP contribution is 2.25. The molecule has 0 aromatic heterocycles. The van der Waals surface area contributed by atoms with E-state index in [1.807, 2.05) is 0 Å². The molecule has 1 N–H and O–H groups in total. The number of rotatable bonds is 7. The Balaban J connectivity index is 2.59. The standard InChI is InChI=1S/C17H29NO/c1-12(2)18-11-14(5)15(6)16-7-9-17(10-8-16)19-13(3)4/h7-10,12-15,18H,11H2,1-6H3. The molecule has 0 saturated heterocycles. The lowest BCUT2D eigenvalue weighted by atomic mass is 9.89. The quantitative estimate of drug-likeness (QED) is 0.795. The predicted octanol–water partition coefficient (Wildman–Crippen LogP) is 4.21. The van der Waals surface area contributed by atoms with Gasteiger partial charge >= 0.3 is 0 Å². The number of ether oxygens (including phenoxy) is 1. The highest BCUT2D eigenvalue weighted by atomic mass is 16.5. The van der Waals surface area contributed by atoms with Gasteiger partial charge in [-0.05, 0) is 49.9 Å². The van der Waals surface area contributed by atoms with Crippen molar-refractivity contribution in [2.75, 3.05) is 6.54 Å². The third kappa shape index (κ3) is 5.65. The first-order chi connectivity index (χ1) is 8.90. The van der Waals surface area contributed by atoms with Gasteiger partial charge in [0, 0.05) is 6.04 Å². The van der Waals surface area contributed by atoms with Crippen molar-refractivity contribution < 1.29 is 4.74 Å². The highest BCUT2D eigenvalue weighted by Gasteiger charge is 2.14. The fourth-order valence-corrected chi connectivity index (χ4v) is 2.05. The summed E-state index contributed by atoms with van der Waals surface area (Å²) in [4.78, 5) is 0. The van der Waals surface area contributed by atoms with Crippen LogP contribution in [0, 0.1) is 5.92 Å². The van der Waals surface area contributed by atoms with Gasteiger partial charge in [0.05, 0.1) is 6.10 Å². The fraction of sp³-hybridized carbons (Fsp3) is 0.647. The summed E-state index contributed by atoms with van der Waals surface area (Å²) >= 11 is 0. The van der Waals surface area contributed by atoms with E-state index in [-0.39, 0.29) is 6.10 Å². The molecule has 0 aliphatic heterocycles. The summed E-state index contributed by atoms with van der Waals surface area (Å²) in [7, 11) is 0. The first-order valence-corrected chi connectivity index (χ1v) is 7.40. The van der Waals surface area contributed by atoms with Gasteiger partial charge in [0.2, 0.25) is 0 Å². The molecule has 0 amide bonds. The summed E-state index contributed by atoms with van der Waals surface area (Å²) in [5.74, 6) is 2.14. The summed E-state index contributed by atoms with van der Waals surface area (Å²) < 4.78 is 5.68. The average molecular weight is 263 g/mol. The molecule has 1 rings (SSSR count). The van der Waals surface area contributed by atoms with Gasteiger partial charge in [-0.3, -0.25) is 0 Å². The van der Waals surface area contributed by atoms with Crippen molar-refractivity contribution in [3.8, 4) is 5.75 Å². The van der Waals surface area contributed by atoms with Crippen LogP contribution in [0.15, 0.2) is 24.3 Å². The van der Waals surface area contributed by atoms with Gasteiger partial charge in [0.25, 0.3) is 0 Å². The van der Waals surface area contributed by atoms with E-state index in [2.05, 4.69) is 71.1 Å². The topological polar surface area (TPSA) is 21.3 Å². The van der Waals surface area contributed by atoms with Gasteiger partial charge in [-0.15, -0.1) is 0 Å². The summed E-state index contributed by atoms with van der Waals surface area (Å²) in [5.41, 5.74) is 1.38. The maximum Gasteiger partial charge on any atom is 0.119 e. The van der Waals surface area contributed by atoms with Crippen molar-refractivity contribution in [3.63, 3.8) is 0 Å². The van der Waals surface area contributed by atoms with Crippen molar-refractivity contribution >= 4 is 0 Å². The Morgan fingerprint density at radius 2 is 1.53 bits per heavy atom. The average Bonchev–Trinajstić information content (AvgIpc) is 2.35. The van der Waals surface area contributed by atoms with Gasteiger partial charge in [-0.25, -0.2) is 0 Å². The van der Waals surface area contributed by atoms with Crippen LogP contribution >= 0.6 is 0 Å². The largest absolute Gasteiger partial charge is 0.491 e. The normalized spacial score (nSPS) is 14.7. The van der Waals surface area contributed by atoms with E-state index in [4.69, 9.17) is 4.74 Å². The molecule has 0 fully saturated rings. The van der Waals surface area contributed by atoms with E-state index >= 15 is 0 Å². The summed E-state index contributed by atoms with van der Waals surface area (Å²) in [6, 6.07) is 9.09. The van der Waals surface area contributed by atoms with E-state index in [0.717, 1.165) is 12.3 Å². The smallest absolute Gasteiger partial charge is 0.119 e. The van der Waals surface area contributed by atoms with E-state index in [0.29, 0.717) is 17.9 Å². The predicted molar refractivity (Wildman–Crippen MR) is 82.9 cm³/mol. The molecular weight excluding hydrogens is 234 g/mol. The van der Waals surface area contributed by atoms with Crippen LogP contribution in [0.25, 0.3) is 0 Å². The zero-order chi connectivity index (χ0) is 14.4. The lowest BCUT2D eigenvalue weighted by Gasteiger charge is -2.22. The second-order valence-corrected chi connectivity index (χ2v) is 6.06. The monoisotopic (exact) mass is 263 g/mol. The molecule has 2 unspecified atom stereocenters. The van der Waals surface area contributed by atoms with Gasteiger partial charge in [0.15, 0.2) is 0 Å². The summed E-state index contributed by atoms with van der Waals surface area (Å²) in [5, 5.41) is 3.51. The van der Waals surface area contributed by atoms with Crippen LogP contribution in [0.1, 0.15) is 53.0 Å². The Kier molecular flexibility index (Phi) is 6.36. The van der Waals surface area contributed by atoms with Crippen LogP contribution in [-0.2, 0) is 0 Å². The Morgan fingerprint density at radius 3 is 2.00 bits per heavy atom. The van der Waals surface area contributed by atoms with Crippen LogP contribution in [0.5, 0.6) is 5.75 Å². The molecule has 0 heterocycles. The highest BCUT2D eigenvalue weighted by molar-refractivity contribution is 5.29. The molecule has 0 bridgehead atoms. The molecule has 0 radical (unpaired) electrons. The van der Waals surface area contributed by atoms with Crippen molar-refractivity contribution in [2.24, 2.45) is 5.92 Å². The molecule has 0 aliphatic rings. The zero-order valence-corrected chi connectivity index (χ0v) is 13.2. The lowest BCUT2D eigenvalue weighted by Crippen LogP contribution is -2.29. The first kappa shape index (κ1) is 16.0. The number of benzene rings is 1. The van der Waals surface area contributed by atoms with Gasteiger partial charge in [-0.1, -0.05) is 39.8 Å². The van der Waals surface area contributed by atoms with Crippen LogP contribution in [0.4, 0.5) is 0 Å². The third-order valence-corrected chi connectivity index (χ3v) is 3.48. The van der Waals surface area contributed by atoms with Crippen LogP contribution < -0.4 is 10.1 Å². The van der Waals surface area contributed by atoms with E-state index in [9.17, 15) is 0 Å². The van der Waals surface area contributed by atoms with Gasteiger partial charge in [-0.2, -0.15) is 0 Å². The molecule has 2 atom stereocenters. The number of hydrogen-bond donors (Lipinski definition) is 1. The number of hydrogen-bond acceptors (Lipinski definition) is 2. The van der Waals surface area contributed by atoms with Crippen molar-refractivity contribution in [3.05, 3.63) is 29.8 Å². The Labute approximate surface area is 118 Å². The van der Waals surface area contributed by atoms with E-state index in [1.165, 1.54) is 5.56 Å². The molecule has 1 aromatic carbocycles. The molecule has 0 aliphatic carbocycles. The fourth-order valence-electron chi connectivity index (χ4n) is 2.05. The zero-order valence-electron chi connectivity index (χ0n) is 13.2. The molecule has 19 heavy (non-hydrogen) atoms. The molecule has 108 valence electrons. The molecule has 0 spiro atoms. The van der Waals surface area contributed by atoms with Gasteiger partial charge in [0.1, 0.15) is 5.75 Å². The lowest BCUT2D eigenvalue weighted by molar-refractivity contribution is 0.242. The minimum Gasteiger partial charge on any atom is -0.491 e. The summed E-state index contributed by atoms with van der Waals surface area (Å²) in [6.07, 6.45) is 0.234. The second kappa shape index (κ2) is 7.54. The molecule has 0 saturated carbocycles. The maximum atomic E-state index is 5.68. The van der Waals surface area contributed by atoms with E-state index in [1.54, 1.807) is 0 Å². The maximum absolute atomic E-state index is 5.68. The van der Waals surface area contributed by atoms with Crippen LogP contribution in [0.2, 0.25) is 0 Å². The first-order valence-electron chi connectivity index (χ1n) is 7.40. The molecule has 2 heteroatoms. The Bertz CT molecular complexity index is 356. The van der Waals surface area contributed by atoms with Crippen molar-refractivity contribution in [1.29, 1.82) is 0 Å². The SMILES string of the molecule is CC(C)NCC(C)C(C)c1ccc(OC(C)C)cc1. The molecule has 1 aromatic rings. The second-order valence-electron chi connectivity index (χ2n) is 6.06.